The van der Waals surface area contributed by atoms with Crippen molar-refractivity contribution in [3.8, 4) is 5.75 Å². The van der Waals surface area contributed by atoms with E-state index in [2.05, 4.69) is 10.3 Å². The first kappa shape index (κ1) is 20.5. The van der Waals surface area contributed by atoms with Gasteiger partial charge in [0, 0.05) is 41.6 Å². The number of Topliss-reactive ketones (excluding diaryl/α,β-unsaturated/α-hetero) is 1. The predicted molar refractivity (Wildman–Crippen MR) is 116 cm³/mol. The van der Waals surface area contributed by atoms with Gasteiger partial charge in [0.2, 0.25) is 5.91 Å². The maximum Gasteiger partial charge on any atom is 0.224 e. The fourth-order valence-electron chi connectivity index (χ4n) is 3.35. The number of H-pyrrole nitrogens is 1. The average molecular weight is 393 g/mol. The molecular formula is C23H27N3O3. The molecule has 29 heavy (non-hydrogen) atoms. The van der Waals surface area contributed by atoms with Gasteiger partial charge in [-0.25, -0.2) is 0 Å². The van der Waals surface area contributed by atoms with Crippen molar-refractivity contribution in [1.29, 1.82) is 0 Å². The van der Waals surface area contributed by atoms with E-state index in [0.29, 0.717) is 24.2 Å². The number of carbonyl (C=O) groups excluding carboxylic acids is 2. The molecule has 0 atom stereocenters. The van der Waals surface area contributed by atoms with Crippen LogP contribution in [0.1, 0.15) is 48.9 Å². The second-order valence-corrected chi connectivity index (χ2v) is 7.09. The molecule has 2 aromatic carbocycles. The average Bonchev–Trinajstić information content (AvgIpc) is 3.15. The van der Waals surface area contributed by atoms with Crippen LogP contribution in [0.3, 0.4) is 0 Å². The van der Waals surface area contributed by atoms with E-state index in [1.165, 1.54) is 0 Å². The first-order valence-electron chi connectivity index (χ1n) is 9.91. The number of carbonyl (C=O) groups is 2. The molecule has 0 unspecified atom stereocenters. The molecule has 1 amide bonds. The number of nitrogens with one attached hydrogen (secondary N) is 2. The molecule has 0 aliphatic rings. The monoisotopic (exact) mass is 393 g/mol. The Balaban J connectivity index is 1.37. The van der Waals surface area contributed by atoms with Gasteiger partial charge in [-0.05, 0) is 37.1 Å². The van der Waals surface area contributed by atoms with Crippen molar-refractivity contribution in [3.63, 3.8) is 0 Å². The number of anilines is 2. The van der Waals surface area contributed by atoms with Gasteiger partial charge < -0.3 is 20.8 Å². The zero-order valence-electron chi connectivity index (χ0n) is 16.7. The standard InChI is InChI=1S/C23H27N3O3/c1-29-16-12-13-17-18(15-25-21(17)14-16)22(27)10-4-2-3-5-11-23(28)26-20-9-7-6-8-19(20)24/h6-9,12-15,25H,2-5,10-11,24H2,1H3,(H,26,28). The highest BCUT2D eigenvalue weighted by atomic mass is 16.5. The molecule has 0 spiro atoms. The summed E-state index contributed by atoms with van der Waals surface area (Å²) < 4.78 is 5.21. The number of aromatic amines is 1. The van der Waals surface area contributed by atoms with Crippen LogP contribution in [-0.2, 0) is 4.79 Å². The third-order valence-electron chi connectivity index (χ3n) is 4.98. The molecule has 6 heteroatoms. The Morgan fingerprint density at radius 2 is 1.79 bits per heavy atom. The van der Waals surface area contributed by atoms with Crippen LogP contribution in [0.25, 0.3) is 10.9 Å². The molecule has 0 aliphatic heterocycles. The summed E-state index contributed by atoms with van der Waals surface area (Å²) in [5.74, 6) is 0.865. The van der Waals surface area contributed by atoms with E-state index in [1.807, 2.05) is 30.3 Å². The van der Waals surface area contributed by atoms with Crippen LogP contribution < -0.4 is 15.8 Å². The summed E-state index contributed by atoms with van der Waals surface area (Å²) >= 11 is 0. The van der Waals surface area contributed by atoms with Crippen molar-refractivity contribution in [1.82, 2.24) is 4.98 Å². The van der Waals surface area contributed by atoms with Crippen LogP contribution in [0.15, 0.2) is 48.7 Å². The number of ketones is 1. The van der Waals surface area contributed by atoms with Gasteiger partial charge in [-0.2, -0.15) is 0 Å². The van der Waals surface area contributed by atoms with Crippen LogP contribution in [0.2, 0.25) is 0 Å². The van der Waals surface area contributed by atoms with Crippen molar-refractivity contribution < 1.29 is 14.3 Å². The van der Waals surface area contributed by atoms with Gasteiger partial charge in [0.1, 0.15) is 5.75 Å². The lowest BCUT2D eigenvalue weighted by molar-refractivity contribution is -0.116. The molecule has 0 saturated heterocycles. The summed E-state index contributed by atoms with van der Waals surface area (Å²) in [6, 6.07) is 12.9. The maximum atomic E-state index is 12.5. The summed E-state index contributed by atoms with van der Waals surface area (Å²) in [7, 11) is 1.62. The van der Waals surface area contributed by atoms with Crippen molar-refractivity contribution >= 4 is 34.0 Å². The number of fused-ring (bicyclic) bond motifs is 1. The van der Waals surface area contributed by atoms with Gasteiger partial charge in [-0.3, -0.25) is 9.59 Å². The first-order valence-corrected chi connectivity index (χ1v) is 9.91. The molecule has 1 heterocycles. The number of rotatable bonds is 10. The van der Waals surface area contributed by atoms with Gasteiger partial charge in [0.15, 0.2) is 5.78 Å². The molecule has 0 radical (unpaired) electrons. The summed E-state index contributed by atoms with van der Waals surface area (Å²) in [6.07, 6.45) is 6.16. The number of unbranched alkanes of at least 4 members (excludes halogenated alkanes) is 3. The normalized spacial score (nSPS) is 10.8. The van der Waals surface area contributed by atoms with E-state index in [9.17, 15) is 9.59 Å². The highest BCUT2D eigenvalue weighted by Gasteiger charge is 2.12. The fourth-order valence-corrected chi connectivity index (χ4v) is 3.35. The molecule has 4 N–H and O–H groups in total. The van der Waals surface area contributed by atoms with E-state index in [-0.39, 0.29) is 11.7 Å². The van der Waals surface area contributed by atoms with Crippen molar-refractivity contribution in [2.75, 3.05) is 18.2 Å². The molecule has 3 rings (SSSR count). The van der Waals surface area contributed by atoms with Crippen LogP contribution in [0.5, 0.6) is 5.75 Å². The second-order valence-electron chi connectivity index (χ2n) is 7.09. The lowest BCUT2D eigenvalue weighted by Crippen LogP contribution is -2.12. The summed E-state index contributed by atoms with van der Waals surface area (Å²) in [5, 5.41) is 3.76. The third kappa shape index (κ3) is 5.38. The van der Waals surface area contributed by atoms with Gasteiger partial charge in [-0.1, -0.05) is 25.0 Å². The first-order chi connectivity index (χ1) is 14.1. The number of nitrogens with two attached hydrogens (primary N) is 1. The molecule has 0 fully saturated rings. The number of nitrogen functional groups attached to an aromatic ring is 1. The zero-order valence-corrected chi connectivity index (χ0v) is 16.7. The Kier molecular flexibility index (Phi) is 6.89. The molecule has 0 bridgehead atoms. The maximum absolute atomic E-state index is 12.5. The van der Waals surface area contributed by atoms with Gasteiger partial charge in [-0.15, -0.1) is 0 Å². The fraction of sp³-hybridized carbons (Fsp3) is 0.304. The number of benzene rings is 2. The van der Waals surface area contributed by atoms with E-state index in [0.717, 1.165) is 47.9 Å². The van der Waals surface area contributed by atoms with Gasteiger partial charge >= 0.3 is 0 Å². The van der Waals surface area contributed by atoms with E-state index in [1.54, 1.807) is 25.4 Å². The Bertz CT molecular complexity index is 994. The third-order valence-corrected chi connectivity index (χ3v) is 4.98. The molecule has 0 aliphatic carbocycles. The Morgan fingerprint density at radius 1 is 1.03 bits per heavy atom. The van der Waals surface area contributed by atoms with Crippen LogP contribution >= 0.6 is 0 Å². The number of methoxy groups -OCH3 is 1. The molecule has 6 nitrogen and oxygen atoms in total. The van der Waals surface area contributed by atoms with Crippen molar-refractivity contribution in [2.24, 2.45) is 0 Å². The van der Waals surface area contributed by atoms with Crippen LogP contribution in [0, 0.1) is 0 Å². The highest BCUT2D eigenvalue weighted by Crippen LogP contribution is 2.24. The van der Waals surface area contributed by atoms with Crippen LogP contribution in [-0.4, -0.2) is 23.8 Å². The Morgan fingerprint density at radius 3 is 2.55 bits per heavy atom. The topological polar surface area (TPSA) is 97.2 Å². The summed E-state index contributed by atoms with van der Waals surface area (Å²) in [6.45, 7) is 0. The molecule has 0 saturated carbocycles. The quantitative estimate of drug-likeness (QED) is 0.259. The number of amides is 1. The van der Waals surface area contributed by atoms with E-state index < -0.39 is 0 Å². The molecule has 3 aromatic rings. The lowest BCUT2D eigenvalue weighted by atomic mass is 10.0. The second kappa shape index (κ2) is 9.78. The van der Waals surface area contributed by atoms with Gasteiger partial charge in [0.25, 0.3) is 0 Å². The zero-order chi connectivity index (χ0) is 20.6. The summed E-state index contributed by atoms with van der Waals surface area (Å²) in [4.78, 5) is 27.7. The molecule has 1 aromatic heterocycles. The Labute approximate surface area is 170 Å². The largest absolute Gasteiger partial charge is 0.497 e. The number of hydrogen-bond acceptors (Lipinski definition) is 4. The minimum absolute atomic E-state index is 0.0341. The number of para-hydroxylation sites is 2. The van der Waals surface area contributed by atoms with E-state index >= 15 is 0 Å². The highest BCUT2D eigenvalue weighted by molar-refractivity contribution is 6.08. The predicted octanol–water partition coefficient (Wildman–Crippen LogP) is 4.92. The molecule has 152 valence electrons. The molecular weight excluding hydrogens is 366 g/mol. The Hall–Kier alpha value is -3.28. The van der Waals surface area contributed by atoms with Crippen molar-refractivity contribution in [3.05, 3.63) is 54.2 Å². The lowest BCUT2D eigenvalue weighted by Gasteiger charge is -2.07. The van der Waals surface area contributed by atoms with Crippen LogP contribution in [0.4, 0.5) is 11.4 Å². The summed E-state index contributed by atoms with van der Waals surface area (Å²) in [5.41, 5.74) is 8.67. The SMILES string of the molecule is COc1ccc2c(C(=O)CCCCCCC(=O)Nc3ccccc3N)c[nH]c2c1. The van der Waals surface area contributed by atoms with Gasteiger partial charge in [0.05, 0.1) is 18.5 Å². The smallest absolute Gasteiger partial charge is 0.224 e. The number of ether oxygens (including phenoxy) is 1. The van der Waals surface area contributed by atoms with E-state index in [4.69, 9.17) is 10.5 Å². The minimum atomic E-state index is -0.0341. The number of hydrogen-bond donors (Lipinski definition) is 3. The number of aromatic nitrogens is 1. The van der Waals surface area contributed by atoms with Crippen molar-refractivity contribution in [2.45, 2.75) is 38.5 Å². The minimum Gasteiger partial charge on any atom is -0.497 e.